The van der Waals surface area contributed by atoms with Gasteiger partial charge >= 0.3 is 4.34 Å². The van der Waals surface area contributed by atoms with E-state index in [0.29, 0.717) is 31.7 Å². The van der Waals surface area contributed by atoms with E-state index in [2.05, 4.69) is 59.3 Å². The topological polar surface area (TPSA) is 65.5 Å². The fraction of sp³-hybridized carbons (Fsp3) is 0.625. The second-order valence-corrected chi connectivity index (χ2v) is 12.2. The molecule has 1 N–H and O–H groups in total. The van der Waals surface area contributed by atoms with Crippen LogP contribution in [0.25, 0.3) is 4.34 Å². The van der Waals surface area contributed by atoms with Crippen molar-refractivity contribution in [1.29, 1.82) is 0 Å². The Morgan fingerprint density at radius 3 is 2.62 bits per heavy atom. The molecule has 2 fully saturated rings. The SMILES string of the molecule is CCCCN1C(=O)C(CC(C)C)NC(=O)C12CCN(Cc1csc(-[s+]3cccc3)n1)CC2. The molecule has 8 heteroatoms. The van der Waals surface area contributed by atoms with Crippen LogP contribution in [0.15, 0.2) is 28.3 Å². The summed E-state index contributed by atoms with van der Waals surface area (Å²) >= 11 is 1.73. The van der Waals surface area contributed by atoms with Gasteiger partial charge in [0.2, 0.25) is 11.8 Å². The standard InChI is InChI=1S/C24H34N4O2S2/c1-4-5-10-28-21(29)20(15-18(2)3)26-22(30)24(28)8-11-27(12-9-24)16-19-17-31-23(25-19)32-13-6-7-14-32/h6-7,13-14,17-18,20H,4-5,8-12,15-16H2,1-3H3/p+1. The van der Waals surface area contributed by atoms with Crippen molar-refractivity contribution in [2.45, 2.75) is 71.0 Å². The van der Waals surface area contributed by atoms with Crippen molar-refractivity contribution in [3.8, 4) is 4.34 Å². The third-order valence-electron chi connectivity index (χ3n) is 6.61. The van der Waals surface area contributed by atoms with Gasteiger partial charge in [-0.05, 0) is 43.7 Å². The Hall–Kier alpha value is -1.77. The van der Waals surface area contributed by atoms with Crippen molar-refractivity contribution in [3.05, 3.63) is 34.0 Å². The average molecular weight is 476 g/mol. The minimum Gasteiger partial charge on any atom is -0.342 e. The van der Waals surface area contributed by atoms with Crippen molar-refractivity contribution < 1.29 is 9.59 Å². The van der Waals surface area contributed by atoms with Crippen LogP contribution in [-0.4, -0.2) is 57.8 Å². The third kappa shape index (κ3) is 4.77. The number of unbranched alkanes of at least 4 members (excludes halogenated alkanes) is 1. The zero-order valence-electron chi connectivity index (χ0n) is 19.4. The van der Waals surface area contributed by atoms with Gasteiger partial charge in [-0.1, -0.05) is 38.5 Å². The number of aromatic nitrogens is 1. The number of piperidine rings is 1. The van der Waals surface area contributed by atoms with Crippen LogP contribution >= 0.6 is 21.8 Å². The van der Waals surface area contributed by atoms with E-state index in [0.717, 1.165) is 42.5 Å². The number of likely N-dealkylation sites (tertiary alicyclic amines) is 1. The second-order valence-electron chi connectivity index (χ2n) is 9.44. The van der Waals surface area contributed by atoms with Crippen LogP contribution in [0.3, 0.4) is 0 Å². The molecular formula is C24H35N4O2S2+. The Morgan fingerprint density at radius 2 is 1.97 bits per heavy atom. The number of piperazine rings is 1. The smallest absolute Gasteiger partial charge is 0.329 e. The number of amides is 2. The van der Waals surface area contributed by atoms with Gasteiger partial charge in [0.1, 0.15) is 22.3 Å². The summed E-state index contributed by atoms with van der Waals surface area (Å²) < 4.78 is 1.16. The van der Waals surface area contributed by atoms with E-state index in [4.69, 9.17) is 4.98 Å². The third-order valence-corrected chi connectivity index (χ3v) is 9.56. The van der Waals surface area contributed by atoms with Gasteiger partial charge < -0.3 is 10.2 Å². The van der Waals surface area contributed by atoms with E-state index < -0.39 is 5.54 Å². The van der Waals surface area contributed by atoms with Crippen LogP contribution in [0, 0.1) is 5.92 Å². The highest BCUT2D eigenvalue weighted by Gasteiger charge is 2.53. The Kier molecular flexibility index (Phi) is 7.32. The summed E-state index contributed by atoms with van der Waals surface area (Å²) in [5, 5.41) is 9.65. The lowest BCUT2D eigenvalue weighted by Gasteiger charge is -2.52. The Bertz CT molecular complexity index is 916. The fourth-order valence-corrected chi connectivity index (χ4v) is 7.37. The van der Waals surface area contributed by atoms with Gasteiger partial charge in [0.25, 0.3) is 0 Å². The second kappa shape index (κ2) is 10.0. The summed E-state index contributed by atoms with van der Waals surface area (Å²) in [7, 11) is 0.0204. The molecule has 0 aromatic carbocycles. The van der Waals surface area contributed by atoms with Gasteiger partial charge in [0, 0.05) is 42.0 Å². The molecule has 2 aliphatic rings. The molecule has 4 rings (SSSR count). The number of hydrogen-bond acceptors (Lipinski definition) is 5. The fourth-order valence-electron chi connectivity index (χ4n) is 4.85. The summed E-state index contributed by atoms with van der Waals surface area (Å²) in [4.78, 5) is 35.9. The van der Waals surface area contributed by atoms with Crippen LogP contribution in [0.5, 0.6) is 0 Å². The highest BCUT2D eigenvalue weighted by molar-refractivity contribution is 7.47. The Labute approximate surface area is 198 Å². The number of carbonyl (C=O) groups excluding carboxylic acids is 2. The minimum atomic E-state index is -0.690. The molecule has 0 aliphatic carbocycles. The number of thiazole rings is 1. The number of rotatable bonds is 8. The molecule has 2 amide bonds. The first-order chi connectivity index (χ1) is 15.4. The first kappa shape index (κ1) is 23.4. The van der Waals surface area contributed by atoms with E-state index in [1.807, 2.05) is 4.90 Å². The van der Waals surface area contributed by atoms with Crippen molar-refractivity contribution in [2.75, 3.05) is 19.6 Å². The molecule has 32 heavy (non-hydrogen) atoms. The molecule has 4 heterocycles. The summed E-state index contributed by atoms with van der Waals surface area (Å²) in [5.41, 5.74) is 0.413. The minimum absolute atomic E-state index is 0.0204. The summed E-state index contributed by atoms with van der Waals surface area (Å²) in [6.45, 7) is 9.42. The molecule has 2 aromatic rings. The van der Waals surface area contributed by atoms with E-state index in [1.165, 1.54) is 0 Å². The molecule has 6 nitrogen and oxygen atoms in total. The van der Waals surface area contributed by atoms with Gasteiger partial charge in [0.05, 0.1) is 5.69 Å². The van der Waals surface area contributed by atoms with Gasteiger partial charge in [-0.25, -0.2) is 0 Å². The quantitative estimate of drug-likeness (QED) is 0.575. The number of hydrogen-bond donors (Lipinski definition) is 1. The number of nitrogens with one attached hydrogen (secondary N) is 1. The Morgan fingerprint density at radius 1 is 1.25 bits per heavy atom. The van der Waals surface area contributed by atoms with Crippen molar-refractivity contribution in [3.63, 3.8) is 0 Å². The lowest BCUT2D eigenvalue weighted by molar-refractivity contribution is -0.161. The summed E-state index contributed by atoms with van der Waals surface area (Å²) in [6.07, 6.45) is 4.03. The lowest BCUT2D eigenvalue weighted by Crippen LogP contribution is -2.73. The van der Waals surface area contributed by atoms with E-state index >= 15 is 0 Å². The monoisotopic (exact) mass is 475 g/mol. The molecule has 2 aromatic heterocycles. The predicted octanol–water partition coefficient (Wildman–Crippen LogP) is 4.39. The molecule has 1 unspecified atom stereocenters. The van der Waals surface area contributed by atoms with Crippen LogP contribution < -0.4 is 5.32 Å². The molecule has 0 radical (unpaired) electrons. The zero-order chi connectivity index (χ0) is 22.7. The highest BCUT2D eigenvalue weighted by atomic mass is 32.2. The molecule has 0 bridgehead atoms. The van der Waals surface area contributed by atoms with Crippen molar-refractivity contribution in [1.82, 2.24) is 20.1 Å². The number of thiophene rings is 1. The largest absolute Gasteiger partial charge is 0.342 e. The molecule has 1 spiro atoms. The van der Waals surface area contributed by atoms with E-state index in [9.17, 15) is 9.59 Å². The van der Waals surface area contributed by atoms with Crippen LogP contribution in [0.1, 0.15) is 58.6 Å². The van der Waals surface area contributed by atoms with Crippen LogP contribution in [-0.2, 0) is 16.1 Å². The highest BCUT2D eigenvalue weighted by Crippen LogP contribution is 2.36. The maximum Gasteiger partial charge on any atom is 0.329 e. The summed E-state index contributed by atoms with van der Waals surface area (Å²) in [5.74, 6) is 0.533. The summed E-state index contributed by atoms with van der Waals surface area (Å²) in [6, 6.07) is 3.79. The van der Waals surface area contributed by atoms with Gasteiger partial charge in [-0.15, -0.1) is 0 Å². The first-order valence-electron chi connectivity index (χ1n) is 11.8. The van der Waals surface area contributed by atoms with Crippen molar-refractivity contribution in [2.24, 2.45) is 5.92 Å². The Balaban J connectivity index is 1.43. The number of nitrogens with zero attached hydrogens (tertiary/aromatic N) is 3. The van der Waals surface area contributed by atoms with Crippen LogP contribution in [0.4, 0.5) is 0 Å². The molecule has 174 valence electrons. The molecule has 1 atom stereocenters. The van der Waals surface area contributed by atoms with Gasteiger partial charge in [-0.2, -0.15) is 4.98 Å². The molecule has 2 saturated heterocycles. The number of carbonyl (C=O) groups is 2. The maximum atomic E-state index is 13.4. The maximum absolute atomic E-state index is 13.4. The molecular weight excluding hydrogens is 440 g/mol. The molecule has 2 aliphatic heterocycles. The predicted molar refractivity (Wildman–Crippen MR) is 131 cm³/mol. The van der Waals surface area contributed by atoms with Crippen LogP contribution in [0.2, 0.25) is 0 Å². The lowest BCUT2D eigenvalue weighted by atomic mass is 9.80. The van der Waals surface area contributed by atoms with Crippen molar-refractivity contribution >= 4 is 33.6 Å². The van der Waals surface area contributed by atoms with Gasteiger partial charge in [-0.3, -0.25) is 14.5 Å². The zero-order valence-corrected chi connectivity index (χ0v) is 21.0. The van der Waals surface area contributed by atoms with E-state index in [1.54, 1.807) is 11.3 Å². The molecule has 0 saturated carbocycles. The van der Waals surface area contributed by atoms with Gasteiger partial charge in [0.15, 0.2) is 0 Å². The normalized spacial score (nSPS) is 21.5. The average Bonchev–Trinajstić information content (AvgIpc) is 3.45. The first-order valence-corrected chi connectivity index (χ1v) is 14.0. The van der Waals surface area contributed by atoms with E-state index in [-0.39, 0.29) is 28.3 Å².